The van der Waals surface area contributed by atoms with Gasteiger partial charge >= 0.3 is 250 Å². The third kappa shape index (κ3) is 7.91. The molecule has 0 N–H and O–H groups in total. The second-order valence-corrected chi connectivity index (χ2v) is 26.5. The summed E-state index contributed by atoms with van der Waals surface area (Å²) >= 11 is 1.16. The topological polar surface area (TPSA) is 0 Å². The Morgan fingerprint density at radius 2 is 0.763 bits per heavy atom. The maximum atomic E-state index is 2.43. The van der Waals surface area contributed by atoms with Gasteiger partial charge in [0, 0.05) is 0 Å². The van der Waals surface area contributed by atoms with Gasteiger partial charge in [0.2, 0.25) is 0 Å². The van der Waals surface area contributed by atoms with E-state index in [9.17, 15) is 0 Å². The van der Waals surface area contributed by atoms with Gasteiger partial charge in [-0.15, -0.1) is 0 Å². The van der Waals surface area contributed by atoms with Crippen LogP contribution in [0, 0.1) is 41.5 Å². The fraction of sp³-hybridized carbons (Fsp3) is 0.500. The Kier molecular flexibility index (Phi) is 10.5. The zero-order valence-electron chi connectivity index (χ0n) is 27.0. The van der Waals surface area contributed by atoms with Crippen LogP contribution in [-0.4, -0.2) is 30.9 Å². The summed E-state index contributed by atoms with van der Waals surface area (Å²) in [5, 5.41) is 0. The molecule has 0 aliphatic rings. The van der Waals surface area contributed by atoms with Crippen molar-refractivity contribution in [2.24, 2.45) is 0 Å². The Hall–Kier alpha value is -1.25. The van der Waals surface area contributed by atoms with E-state index in [2.05, 4.69) is 163 Å². The van der Waals surface area contributed by atoms with Crippen LogP contribution in [0.15, 0.2) is 42.5 Å². The summed E-state index contributed by atoms with van der Waals surface area (Å²) in [6.45, 7) is 35.1. The van der Waals surface area contributed by atoms with Gasteiger partial charge in [0.05, 0.1) is 0 Å². The van der Waals surface area contributed by atoms with Gasteiger partial charge in [0.25, 0.3) is 0 Å². The van der Waals surface area contributed by atoms with Crippen LogP contribution in [0.4, 0.5) is 0 Å². The molecule has 0 aromatic heterocycles. The van der Waals surface area contributed by atoms with Crippen LogP contribution >= 0.6 is 0 Å². The van der Waals surface area contributed by atoms with E-state index in [4.69, 9.17) is 0 Å². The molecular formula is C36H52Ge2. The molecule has 0 nitrogen and oxygen atoms in total. The van der Waals surface area contributed by atoms with Crippen molar-refractivity contribution in [3.63, 3.8) is 0 Å². The Labute approximate surface area is 248 Å². The van der Waals surface area contributed by atoms with Crippen LogP contribution in [0.1, 0.15) is 95.7 Å². The molecule has 3 aromatic carbocycles. The number of aryl methyl sites for hydroxylation is 6. The zero-order chi connectivity index (χ0) is 29.4. The van der Waals surface area contributed by atoms with Gasteiger partial charge < -0.3 is 0 Å². The second kappa shape index (κ2) is 12.1. The maximum absolute atomic E-state index is 2.43. The van der Waals surface area contributed by atoms with Gasteiger partial charge in [0.1, 0.15) is 0 Å². The average molecular weight is 630 g/mol. The summed E-state index contributed by atoms with van der Waals surface area (Å²) < 4.78 is 3.02. The first-order valence-corrected chi connectivity index (χ1v) is 18.2. The fourth-order valence-electron chi connectivity index (χ4n) is 7.55. The van der Waals surface area contributed by atoms with Crippen LogP contribution in [0.25, 0.3) is 22.3 Å². The van der Waals surface area contributed by atoms with E-state index in [-0.39, 0.29) is 0 Å². The molecule has 0 unspecified atom stereocenters. The fourth-order valence-corrected chi connectivity index (χ4v) is 22.6. The van der Waals surface area contributed by atoms with Crippen molar-refractivity contribution in [1.29, 1.82) is 0 Å². The van der Waals surface area contributed by atoms with Gasteiger partial charge in [0.15, 0.2) is 0 Å². The molecular weight excluding hydrogens is 578 g/mol. The van der Waals surface area contributed by atoms with Gasteiger partial charge in [-0.3, -0.25) is 0 Å². The van der Waals surface area contributed by atoms with Gasteiger partial charge in [-0.1, -0.05) is 0 Å². The third-order valence-electron chi connectivity index (χ3n) is 7.21. The van der Waals surface area contributed by atoms with E-state index in [0.717, 1.165) is 0 Å². The molecule has 3 rings (SSSR count). The summed E-state index contributed by atoms with van der Waals surface area (Å²) in [7, 11) is 0. The van der Waals surface area contributed by atoms with E-state index < -0.39 is 14.3 Å². The summed E-state index contributed by atoms with van der Waals surface area (Å²) in [4.78, 5) is 0. The molecule has 4 radical (unpaired) electrons. The number of benzene rings is 3. The number of rotatable bonds is 2. The number of hydrogen-bond donors (Lipinski definition) is 0. The summed E-state index contributed by atoms with van der Waals surface area (Å²) in [6.07, 6.45) is 0. The molecule has 204 valence electrons. The van der Waals surface area contributed by atoms with E-state index in [1.54, 1.807) is 0 Å². The van der Waals surface area contributed by atoms with Crippen molar-refractivity contribution >= 4 is 35.3 Å². The SMILES string of the molecule is C[C](C)(C)[Ge]([C](C)(C)C)[C](C)(C)C.Cc1cc(C)c(-c2cccc(-c3c(C)cc(C)cc3C)[c]2[Ge])c(C)c1. The Morgan fingerprint density at radius 3 is 0.974 bits per heavy atom. The Bertz CT molecular complexity index is 1120. The van der Waals surface area contributed by atoms with E-state index in [1.165, 1.54) is 60.0 Å². The van der Waals surface area contributed by atoms with E-state index in [0.29, 0.717) is 12.7 Å². The first kappa shape index (κ1) is 33.0. The van der Waals surface area contributed by atoms with Crippen LogP contribution in [-0.2, 0) is 0 Å². The Balaban J connectivity index is 0.000000332. The molecule has 0 saturated heterocycles. The van der Waals surface area contributed by atoms with Gasteiger partial charge in [-0.05, 0) is 0 Å². The predicted molar refractivity (Wildman–Crippen MR) is 176 cm³/mol. The van der Waals surface area contributed by atoms with E-state index >= 15 is 0 Å². The van der Waals surface area contributed by atoms with Crippen LogP contribution < -0.4 is 4.40 Å². The summed E-state index contributed by atoms with van der Waals surface area (Å²) in [5.41, 5.74) is 13.6. The standard InChI is InChI=1S/C24H25Ge.C12H27Ge/c1-14-10-16(3)22(17(4)11-14)20-8-7-9-21(24(20)25)23-18(5)12-15(2)13-19(23)6;1-10(2,3)13(11(4,5)6)12(7,8)9/h7-13H,1-6H3;1-9H3. The van der Waals surface area contributed by atoms with Crippen LogP contribution in [0.3, 0.4) is 0 Å². The third-order valence-corrected chi connectivity index (χ3v) is 17.8. The zero-order valence-corrected chi connectivity index (χ0v) is 31.2. The summed E-state index contributed by atoms with van der Waals surface area (Å²) in [6, 6.07) is 15.9. The number of hydrogen-bond acceptors (Lipinski definition) is 0. The van der Waals surface area contributed by atoms with Crippen LogP contribution in [0.2, 0.25) is 12.7 Å². The van der Waals surface area contributed by atoms with Crippen molar-refractivity contribution in [2.45, 2.75) is 117 Å². The average Bonchev–Trinajstić information content (AvgIpc) is 2.65. The first-order valence-electron chi connectivity index (χ1n) is 14.1. The van der Waals surface area contributed by atoms with Crippen molar-refractivity contribution in [2.75, 3.05) is 0 Å². The quantitative estimate of drug-likeness (QED) is 0.247. The van der Waals surface area contributed by atoms with Crippen molar-refractivity contribution in [1.82, 2.24) is 0 Å². The Morgan fingerprint density at radius 1 is 0.500 bits per heavy atom. The van der Waals surface area contributed by atoms with Crippen molar-refractivity contribution < 1.29 is 0 Å². The first-order chi connectivity index (χ1) is 17.2. The normalized spacial score (nSPS) is 12.4. The molecule has 0 heterocycles. The van der Waals surface area contributed by atoms with E-state index in [1.807, 2.05) is 0 Å². The molecule has 0 saturated carbocycles. The van der Waals surface area contributed by atoms with Crippen molar-refractivity contribution in [3.05, 3.63) is 75.8 Å². The molecule has 0 aliphatic heterocycles. The second-order valence-electron chi connectivity index (χ2n) is 14.4. The predicted octanol–water partition coefficient (Wildman–Crippen LogP) is 10.5. The molecule has 0 bridgehead atoms. The van der Waals surface area contributed by atoms with Gasteiger partial charge in [-0.2, -0.15) is 0 Å². The molecule has 2 heteroatoms. The molecule has 0 atom stereocenters. The molecule has 0 amide bonds. The monoisotopic (exact) mass is 632 g/mol. The van der Waals surface area contributed by atoms with Gasteiger partial charge in [-0.25, -0.2) is 0 Å². The molecule has 0 fully saturated rings. The van der Waals surface area contributed by atoms with Crippen LogP contribution in [0.5, 0.6) is 0 Å². The minimum atomic E-state index is -1.10. The molecule has 0 aliphatic carbocycles. The minimum absolute atomic E-state index is 0.552. The summed E-state index contributed by atoms with van der Waals surface area (Å²) in [5.74, 6) is 0. The molecule has 0 spiro atoms. The molecule has 38 heavy (non-hydrogen) atoms. The van der Waals surface area contributed by atoms with Crippen molar-refractivity contribution in [3.8, 4) is 22.3 Å². The molecule has 3 aromatic rings.